The average Bonchev–Trinajstić information content (AvgIpc) is 3.24. The second kappa shape index (κ2) is 8.64. The number of esters is 1. The van der Waals surface area contributed by atoms with Crippen molar-refractivity contribution in [2.75, 3.05) is 14.2 Å². The molecule has 0 spiro atoms. The largest absolute Gasteiger partial charge is 0.495 e. The van der Waals surface area contributed by atoms with E-state index < -0.39 is 22.1 Å². The lowest BCUT2D eigenvalue weighted by molar-refractivity contribution is 0.0279. The van der Waals surface area contributed by atoms with E-state index in [-0.39, 0.29) is 22.1 Å². The zero-order valence-corrected chi connectivity index (χ0v) is 17.7. The van der Waals surface area contributed by atoms with Crippen molar-refractivity contribution in [1.29, 1.82) is 0 Å². The summed E-state index contributed by atoms with van der Waals surface area (Å²) in [6, 6.07) is 11.5. The lowest BCUT2D eigenvalue weighted by Crippen LogP contribution is -2.20. The molecule has 0 radical (unpaired) electrons. The summed E-state index contributed by atoms with van der Waals surface area (Å²) in [4.78, 5) is 12.4. The predicted molar refractivity (Wildman–Crippen MR) is 108 cm³/mol. The van der Waals surface area contributed by atoms with E-state index >= 15 is 0 Å². The van der Waals surface area contributed by atoms with E-state index in [1.807, 2.05) is 31.2 Å². The van der Waals surface area contributed by atoms with E-state index in [4.69, 9.17) is 13.9 Å². The number of aromatic nitrogens is 2. The number of aryl methyl sites for hydroxylation is 1. The topological polar surface area (TPSA) is 121 Å². The van der Waals surface area contributed by atoms with Crippen LogP contribution in [0.4, 0.5) is 0 Å². The normalized spacial score (nSPS) is 12.4. The lowest BCUT2D eigenvalue weighted by Gasteiger charge is -2.12. The van der Waals surface area contributed by atoms with Gasteiger partial charge in [0.2, 0.25) is 15.9 Å². The molecule has 2 aromatic carbocycles. The van der Waals surface area contributed by atoms with Gasteiger partial charge >= 0.3 is 5.97 Å². The maximum atomic E-state index is 12.5. The monoisotopic (exact) mass is 431 g/mol. The molecule has 0 fully saturated rings. The molecule has 9 nitrogen and oxygen atoms in total. The molecular formula is C20H21N3O6S. The van der Waals surface area contributed by atoms with Crippen LogP contribution >= 0.6 is 0 Å². The molecule has 0 aliphatic carbocycles. The van der Waals surface area contributed by atoms with Crippen molar-refractivity contribution in [3.05, 3.63) is 59.5 Å². The molecular weight excluding hydrogens is 410 g/mol. The Morgan fingerprint density at radius 2 is 1.83 bits per heavy atom. The second-order valence-corrected chi connectivity index (χ2v) is 8.29. The minimum atomic E-state index is -3.83. The fourth-order valence-corrected chi connectivity index (χ4v) is 3.53. The SMILES string of the molecule is CNS(=O)(=O)c1cc(C(=O)OC(C)c2nnc(-c3ccc(C)cc3)o2)ccc1OC. The van der Waals surface area contributed by atoms with Crippen LogP contribution in [0.25, 0.3) is 11.5 Å². The van der Waals surface area contributed by atoms with Gasteiger partial charge in [0, 0.05) is 5.56 Å². The molecule has 0 bridgehead atoms. The van der Waals surface area contributed by atoms with Gasteiger partial charge in [-0.3, -0.25) is 0 Å². The van der Waals surface area contributed by atoms with E-state index in [1.54, 1.807) is 6.92 Å². The summed E-state index contributed by atoms with van der Waals surface area (Å²) >= 11 is 0. The first kappa shape index (κ1) is 21.5. The van der Waals surface area contributed by atoms with Crippen LogP contribution in [0, 0.1) is 6.92 Å². The van der Waals surface area contributed by atoms with E-state index in [0.717, 1.165) is 11.1 Å². The van der Waals surface area contributed by atoms with Gasteiger partial charge in [0.05, 0.1) is 12.7 Å². The molecule has 1 heterocycles. The number of benzene rings is 2. The van der Waals surface area contributed by atoms with Crippen molar-refractivity contribution in [3.8, 4) is 17.2 Å². The number of carbonyl (C=O) groups excluding carboxylic acids is 1. The Morgan fingerprint density at radius 3 is 2.47 bits per heavy atom. The summed E-state index contributed by atoms with van der Waals surface area (Å²) in [6.07, 6.45) is -0.837. The third-order valence-electron chi connectivity index (χ3n) is 4.33. The maximum absolute atomic E-state index is 12.5. The van der Waals surface area contributed by atoms with Gasteiger partial charge in [-0.1, -0.05) is 17.7 Å². The summed E-state index contributed by atoms with van der Waals surface area (Å²) in [5.74, 6) is -0.211. The smallest absolute Gasteiger partial charge is 0.338 e. The Bertz CT molecular complexity index is 1160. The molecule has 1 aromatic heterocycles. The molecule has 0 saturated carbocycles. The van der Waals surface area contributed by atoms with Crippen molar-refractivity contribution < 1.29 is 27.1 Å². The molecule has 0 aliphatic heterocycles. The fraction of sp³-hybridized carbons (Fsp3) is 0.250. The molecule has 0 aliphatic rings. The summed E-state index contributed by atoms with van der Waals surface area (Å²) < 4.78 is 42.6. The van der Waals surface area contributed by atoms with Crippen LogP contribution in [0.15, 0.2) is 51.8 Å². The Kier molecular flexibility index (Phi) is 6.18. The number of hydrogen-bond acceptors (Lipinski definition) is 8. The van der Waals surface area contributed by atoms with Crippen LogP contribution in [0.1, 0.15) is 34.8 Å². The van der Waals surface area contributed by atoms with Crippen LogP contribution in [-0.2, 0) is 14.8 Å². The summed E-state index contributed by atoms with van der Waals surface area (Å²) in [6.45, 7) is 3.55. The number of rotatable bonds is 7. The molecule has 1 N–H and O–H groups in total. The van der Waals surface area contributed by atoms with E-state index in [0.29, 0.717) is 5.89 Å². The number of carbonyl (C=O) groups is 1. The van der Waals surface area contributed by atoms with Crippen LogP contribution < -0.4 is 9.46 Å². The van der Waals surface area contributed by atoms with Gasteiger partial charge in [0.25, 0.3) is 5.89 Å². The molecule has 10 heteroatoms. The first-order valence-electron chi connectivity index (χ1n) is 8.98. The summed E-state index contributed by atoms with van der Waals surface area (Å²) in [7, 11) is -1.23. The third kappa shape index (κ3) is 4.50. The first-order valence-corrected chi connectivity index (χ1v) is 10.5. The quantitative estimate of drug-likeness (QED) is 0.567. The molecule has 0 saturated heterocycles. The van der Waals surface area contributed by atoms with Crippen LogP contribution in [0.5, 0.6) is 5.75 Å². The number of sulfonamides is 1. The Balaban J connectivity index is 1.79. The van der Waals surface area contributed by atoms with Gasteiger partial charge in [0.1, 0.15) is 10.6 Å². The predicted octanol–water partition coefficient (Wildman–Crippen LogP) is 2.88. The zero-order chi connectivity index (χ0) is 21.9. The Morgan fingerprint density at radius 1 is 1.13 bits per heavy atom. The van der Waals surface area contributed by atoms with Gasteiger partial charge in [-0.2, -0.15) is 0 Å². The van der Waals surface area contributed by atoms with Crippen molar-refractivity contribution in [2.45, 2.75) is 24.8 Å². The first-order chi connectivity index (χ1) is 14.2. The highest BCUT2D eigenvalue weighted by Crippen LogP contribution is 2.27. The molecule has 3 aromatic rings. The van der Waals surface area contributed by atoms with Crippen molar-refractivity contribution in [1.82, 2.24) is 14.9 Å². The molecule has 1 unspecified atom stereocenters. The molecule has 0 amide bonds. The minimum Gasteiger partial charge on any atom is -0.495 e. The Labute approximate surface area is 174 Å². The molecule has 30 heavy (non-hydrogen) atoms. The summed E-state index contributed by atoms with van der Waals surface area (Å²) in [5.41, 5.74) is 1.88. The van der Waals surface area contributed by atoms with E-state index in [1.165, 1.54) is 32.4 Å². The highest BCUT2D eigenvalue weighted by molar-refractivity contribution is 7.89. The van der Waals surface area contributed by atoms with E-state index in [9.17, 15) is 13.2 Å². The number of nitrogens with zero attached hydrogens (tertiary/aromatic N) is 2. The van der Waals surface area contributed by atoms with E-state index in [2.05, 4.69) is 14.9 Å². The molecule has 1 atom stereocenters. The highest BCUT2D eigenvalue weighted by Gasteiger charge is 2.23. The van der Waals surface area contributed by atoms with Crippen molar-refractivity contribution >= 4 is 16.0 Å². The average molecular weight is 431 g/mol. The van der Waals surface area contributed by atoms with Gasteiger partial charge in [-0.25, -0.2) is 17.9 Å². The maximum Gasteiger partial charge on any atom is 0.338 e. The number of hydrogen-bond donors (Lipinski definition) is 1. The van der Waals surface area contributed by atoms with Gasteiger partial charge in [-0.05, 0) is 51.2 Å². The number of ether oxygens (including phenoxy) is 2. The van der Waals surface area contributed by atoms with Gasteiger partial charge < -0.3 is 13.9 Å². The highest BCUT2D eigenvalue weighted by atomic mass is 32.2. The number of nitrogens with one attached hydrogen (secondary N) is 1. The Hall–Kier alpha value is -3.24. The van der Waals surface area contributed by atoms with Gasteiger partial charge in [0.15, 0.2) is 6.10 Å². The minimum absolute atomic E-state index is 0.0368. The van der Waals surface area contributed by atoms with Gasteiger partial charge in [-0.15, -0.1) is 10.2 Å². The zero-order valence-electron chi connectivity index (χ0n) is 16.9. The third-order valence-corrected chi connectivity index (χ3v) is 5.76. The van der Waals surface area contributed by atoms with Crippen molar-refractivity contribution in [3.63, 3.8) is 0 Å². The number of methoxy groups -OCH3 is 1. The molecule has 3 rings (SSSR count). The van der Waals surface area contributed by atoms with Crippen LogP contribution in [-0.4, -0.2) is 38.7 Å². The second-order valence-electron chi connectivity index (χ2n) is 6.43. The fourth-order valence-electron chi connectivity index (χ4n) is 2.61. The van der Waals surface area contributed by atoms with Crippen molar-refractivity contribution in [2.24, 2.45) is 0 Å². The van der Waals surface area contributed by atoms with Crippen LogP contribution in [0.2, 0.25) is 0 Å². The lowest BCUT2D eigenvalue weighted by atomic mass is 10.1. The molecule has 158 valence electrons. The van der Waals surface area contributed by atoms with Crippen LogP contribution in [0.3, 0.4) is 0 Å². The standard InChI is InChI=1S/C20H21N3O6S/c1-12-5-7-14(8-6-12)19-23-22-18(29-19)13(2)28-20(24)15-9-10-16(27-4)17(11-15)30(25,26)21-3/h5-11,13,21H,1-4H3. The summed E-state index contributed by atoms with van der Waals surface area (Å²) in [5, 5.41) is 7.92.